The zero-order valence-electron chi connectivity index (χ0n) is 11.6. The second-order valence-electron chi connectivity index (χ2n) is 5.90. The summed E-state index contributed by atoms with van der Waals surface area (Å²) in [6.45, 7) is 4.21. The van der Waals surface area contributed by atoms with Gasteiger partial charge in [0.2, 0.25) is 0 Å². The first-order valence-electron chi connectivity index (χ1n) is 6.28. The number of halogens is 4. The van der Waals surface area contributed by atoms with Crippen LogP contribution < -0.4 is 0 Å². The maximum atomic E-state index is 13.6. The van der Waals surface area contributed by atoms with Gasteiger partial charge < -0.3 is 14.7 Å². The Balaban J connectivity index is 2.79. The second kappa shape index (κ2) is 5.38. The third-order valence-electron chi connectivity index (χ3n) is 3.08. The summed E-state index contributed by atoms with van der Waals surface area (Å²) in [5.41, 5.74) is -4.21. The molecule has 1 amide bonds. The van der Waals surface area contributed by atoms with Crippen LogP contribution in [0, 0.1) is 0 Å². The molecule has 0 aromatic heterocycles. The molecule has 0 aliphatic carbocycles. The zero-order valence-corrected chi connectivity index (χ0v) is 11.6. The molecule has 0 aromatic rings. The van der Waals surface area contributed by atoms with Crippen molar-refractivity contribution in [3.63, 3.8) is 0 Å². The third kappa shape index (κ3) is 3.74. The summed E-state index contributed by atoms with van der Waals surface area (Å²) >= 11 is 0. The summed E-state index contributed by atoms with van der Waals surface area (Å²) in [7, 11) is 0. The molecule has 0 radical (unpaired) electrons. The van der Waals surface area contributed by atoms with E-state index in [0.29, 0.717) is 0 Å². The molecule has 1 N–H and O–H groups in total. The maximum Gasteiger partial charge on any atom is 0.420 e. The minimum atomic E-state index is -5.07. The highest BCUT2D eigenvalue weighted by atomic mass is 19.4. The monoisotopic (exact) mass is 301 g/mol. The topological polar surface area (TPSA) is 49.8 Å². The van der Waals surface area contributed by atoms with Crippen molar-refractivity contribution >= 4 is 6.09 Å². The van der Waals surface area contributed by atoms with E-state index >= 15 is 0 Å². The molecule has 118 valence electrons. The van der Waals surface area contributed by atoms with Crippen molar-refractivity contribution in [1.29, 1.82) is 0 Å². The van der Waals surface area contributed by atoms with Gasteiger partial charge in [-0.15, -0.1) is 0 Å². The molecule has 0 bridgehead atoms. The van der Waals surface area contributed by atoms with Gasteiger partial charge >= 0.3 is 12.3 Å². The van der Waals surface area contributed by atoms with E-state index in [4.69, 9.17) is 4.74 Å². The third-order valence-corrected chi connectivity index (χ3v) is 3.08. The van der Waals surface area contributed by atoms with Crippen molar-refractivity contribution in [2.24, 2.45) is 0 Å². The molecule has 0 aromatic carbocycles. The number of rotatable bonds is 0. The molecule has 0 saturated carbocycles. The number of carbonyl (C=O) groups is 1. The normalized spacial score (nSPS) is 29.0. The summed E-state index contributed by atoms with van der Waals surface area (Å²) in [6, 6.07) is 0. The first-order valence-corrected chi connectivity index (χ1v) is 6.28. The van der Waals surface area contributed by atoms with Crippen molar-refractivity contribution in [2.45, 2.75) is 57.2 Å². The first kappa shape index (κ1) is 17.0. The van der Waals surface area contributed by atoms with Crippen LogP contribution in [0.2, 0.25) is 0 Å². The fraction of sp³-hybridized carbons (Fsp3) is 0.917. The Morgan fingerprint density at radius 2 is 1.85 bits per heavy atom. The number of nitrogens with zero attached hydrogens (tertiary/aromatic N) is 1. The van der Waals surface area contributed by atoms with Crippen LogP contribution in [-0.2, 0) is 4.74 Å². The standard InChI is InChI=1S/C12H19F4NO3/c1-10(2,3)20-9(18)17-6-4-8(13)11(19,5-7-17)12(14,15)16/h8,19H,4-7H2,1-3H3/t8-,11+/m1/s1. The molecule has 0 unspecified atom stereocenters. The first-order chi connectivity index (χ1) is 8.87. The van der Waals surface area contributed by atoms with E-state index in [2.05, 4.69) is 0 Å². The largest absolute Gasteiger partial charge is 0.444 e. The smallest absolute Gasteiger partial charge is 0.420 e. The molecule has 4 nitrogen and oxygen atoms in total. The van der Waals surface area contributed by atoms with E-state index in [0.717, 1.165) is 4.90 Å². The highest BCUT2D eigenvalue weighted by Crippen LogP contribution is 2.40. The molecular weight excluding hydrogens is 282 g/mol. The lowest BCUT2D eigenvalue weighted by Gasteiger charge is -2.31. The molecule has 20 heavy (non-hydrogen) atoms. The highest BCUT2D eigenvalue weighted by Gasteiger charge is 2.59. The van der Waals surface area contributed by atoms with Crippen LogP contribution in [0.15, 0.2) is 0 Å². The minimum Gasteiger partial charge on any atom is -0.444 e. The minimum absolute atomic E-state index is 0.228. The van der Waals surface area contributed by atoms with Crippen LogP contribution in [0.4, 0.5) is 22.4 Å². The van der Waals surface area contributed by atoms with E-state index in [1.807, 2.05) is 0 Å². The molecule has 0 spiro atoms. The average Bonchev–Trinajstić information content (AvgIpc) is 2.37. The lowest BCUT2D eigenvalue weighted by Crippen LogP contribution is -2.53. The number of ether oxygens (including phenoxy) is 1. The number of carbonyl (C=O) groups excluding carboxylic acids is 1. The Morgan fingerprint density at radius 1 is 1.30 bits per heavy atom. The zero-order chi connectivity index (χ0) is 15.8. The predicted octanol–water partition coefficient (Wildman–Crippen LogP) is 2.65. The van der Waals surface area contributed by atoms with Crippen LogP contribution >= 0.6 is 0 Å². The van der Waals surface area contributed by atoms with Gasteiger partial charge in [0.15, 0.2) is 5.60 Å². The number of likely N-dealkylation sites (tertiary alicyclic amines) is 1. The van der Waals surface area contributed by atoms with Gasteiger partial charge in [0, 0.05) is 19.5 Å². The van der Waals surface area contributed by atoms with Gasteiger partial charge in [-0.05, 0) is 27.2 Å². The summed E-state index contributed by atoms with van der Waals surface area (Å²) < 4.78 is 56.8. The van der Waals surface area contributed by atoms with Crippen molar-refractivity contribution in [1.82, 2.24) is 4.90 Å². The lowest BCUT2D eigenvalue weighted by molar-refractivity contribution is -0.281. The van der Waals surface area contributed by atoms with Gasteiger partial charge in [0.1, 0.15) is 11.8 Å². The van der Waals surface area contributed by atoms with Crippen molar-refractivity contribution < 1.29 is 32.2 Å². The Bertz CT molecular complexity index is 367. The second-order valence-corrected chi connectivity index (χ2v) is 5.90. The van der Waals surface area contributed by atoms with Gasteiger partial charge in [0.25, 0.3) is 0 Å². The van der Waals surface area contributed by atoms with Gasteiger partial charge in [-0.1, -0.05) is 0 Å². The Morgan fingerprint density at radius 3 is 2.30 bits per heavy atom. The quantitative estimate of drug-likeness (QED) is 0.700. The predicted molar refractivity (Wildman–Crippen MR) is 62.9 cm³/mol. The van der Waals surface area contributed by atoms with Crippen LogP contribution in [-0.4, -0.2) is 52.7 Å². The summed E-state index contributed by atoms with van der Waals surface area (Å²) in [5.74, 6) is 0. The van der Waals surface area contributed by atoms with Crippen LogP contribution in [0.3, 0.4) is 0 Å². The van der Waals surface area contributed by atoms with E-state index in [1.165, 1.54) is 0 Å². The van der Waals surface area contributed by atoms with E-state index < -0.39 is 49.0 Å². The molecule has 1 heterocycles. The molecule has 1 aliphatic rings. The fourth-order valence-electron chi connectivity index (χ4n) is 1.91. The highest BCUT2D eigenvalue weighted by molar-refractivity contribution is 5.68. The SMILES string of the molecule is CC(C)(C)OC(=O)N1CC[C@@H](F)[C@](O)(C(F)(F)F)CC1. The summed E-state index contributed by atoms with van der Waals surface area (Å²) in [5, 5.41) is 9.51. The van der Waals surface area contributed by atoms with Gasteiger partial charge in [-0.2, -0.15) is 13.2 Å². The summed E-state index contributed by atoms with van der Waals surface area (Å²) in [4.78, 5) is 12.7. The molecule has 1 aliphatic heterocycles. The van der Waals surface area contributed by atoms with Crippen molar-refractivity contribution in [2.75, 3.05) is 13.1 Å². The fourth-order valence-corrected chi connectivity index (χ4v) is 1.91. The van der Waals surface area contributed by atoms with E-state index in [-0.39, 0.29) is 6.54 Å². The molecule has 1 fully saturated rings. The number of aliphatic hydroxyl groups is 1. The Hall–Kier alpha value is -1.05. The van der Waals surface area contributed by atoms with E-state index in [9.17, 15) is 27.5 Å². The van der Waals surface area contributed by atoms with Crippen molar-refractivity contribution in [3.8, 4) is 0 Å². The van der Waals surface area contributed by atoms with E-state index in [1.54, 1.807) is 20.8 Å². The molecule has 2 atom stereocenters. The van der Waals surface area contributed by atoms with Gasteiger partial charge in [-0.3, -0.25) is 0 Å². The maximum absolute atomic E-state index is 13.6. The molecule has 8 heteroatoms. The molecule has 1 rings (SSSR count). The molecule has 1 saturated heterocycles. The summed E-state index contributed by atoms with van der Waals surface area (Å²) in [6.07, 6.45) is -9.84. The number of alkyl halides is 4. The van der Waals surface area contributed by atoms with Gasteiger partial charge in [-0.25, -0.2) is 9.18 Å². The number of hydrogen-bond acceptors (Lipinski definition) is 3. The van der Waals surface area contributed by atoms with Crippen molar-refractivity contribution in [3.05, 3.63) is 0 Å². The number of hydrogen-bond donors (Lipinski definition) is 1. The van der Waals surface area contributed by atoms with Gasteiger partial charge in [0.05, 0.1) is 0 Å². The van der Waals surface area contributed by atoms with Crippen LogP contribution in [0.5, 0.6) is 0 Å². The average molecular weight is 301 g/mol. The van der Waals surface area contributed by atoms with Crippen LogP contribution in [0.25, 0.3) is 0 Å². The Kier molecular flexibility index (Phi) is 4.58. The Labute approximate surface area is 114 Å². The molecular formula is C12H19F4NO3. The number of amides is 1. The van der Waals surface area contributed by atoms with Crippen LogP contribution in [0.1, 0.15) is 33.6 Å². The lowest BCUT2D eigenvalue weighted by atomic mass is 9.92.